The second-order valence-electron chi connectivity index (χ2n) is 2.57. The van der Waals surface area contributed by atoms with E-state index in [0.29, 0.717) is 0 Å². The van der Waals surface area contributed by atoms with E-state index in [1.54, 1.807) is 11.3 Å². The molecule has 0 saturated carbocycles. The zero-order chi connectivity index (χ0) is 8.39. The van der Waals surface area contributed by atoms with Crippen molar-refractivity contribution in [3.05, 3.63) is 41.4 Å². The summed E-state index contributed by atoms with van der Waals surface area (Å²) in [4.78, 5) is 5.53. The summed E-state index contributed by atoms with van der Waals surface area (Å²) in [5.41, 5.74) is 1.15. The van der Waals surface area contributed by atoms with E-state index in [0.717, 1.165) is 10.6 Å². The zero-order valence-corrected chi connectivity index (χ0v) is 7.56. The van der Waals surface area contributed by atoms with E-state index < -0.39 is 0 Å². The van der Waals surface area contributed by atoms with Gasteiger partial charge in [-0.2, -0.15) is 0 Å². The van der Waals surface area contributed by atoms with Crippen LogP contribution in [0.15, 0.2) is 30.5 Å². The highest BCUT2D eigenvalue weighted by molar-refractivity contribution is 7.14. The average Bonchev–Trinajstić information content (AvgIpc) is 2.54. The lowest BCUT2D eigenvalue weighted by molar-refractivity contribution is 1.38. The lowest BCUT2D eigenvalue weighted by Gasteiger charge is -1.91. The van der Waals surface area contributed by atoms with E-state index in [1.807, 2.05) is 24.4 Å². The molecule has 1 heterocycles. The van der Waals surface area contributed by atoms with Gasteiger partial charge in [-0.1, -0.05) is 18.2 Å². The molecule has 2 aromatic rings. The Morgan fingerprint density at radius 2 is 2.42 bits per heavy atom. The van der Waals surface area contributed by atoms with Crippen molar-refractivity contribution < 1.29 is 0 Å². The van der Waals surface area contributed by atoms with Gasteiger partial charge in [0.15, 0.2) is 0 Å². The van der Waals surface area contributed by atoms with Crippen molar-refractivity contribution in [1.29, 1.82) is 0 Å². The highest BCUT2D eigenvalue weighted by Gasteiger charge is 1.99. The Kier molecular flexibility index (Phi) is 1.92. The molecule has 0 atom stereocenters. The van der Waals surface area contributed by atoms with Crippen LogP contribution in [0.2, 0.25) is 0 Å². The molecular weight excluding hydrogens is 166 g/mol. The maximum Gasteiger partial charge on any atom is 0.123 e. The third kappa shape index (κ3) is 1.38. The molecule has 0 spiro atoms. The van der Waals surface area contributed by atoms with Gasteiger partial charge in [-0.15, -0.1) is 11.3 Å². The van der Waals surface area contributed by atoms with Crippen LogP contribution in [0.1, 0.15) is 4.88 Å². The number of hydrogen-bond donors (Lipinski definition) is 0. The summed E-state index contributed by atoms with van der Waals surface area (Å²) < 4.78 is 0. The fourth-order valence-electron chi connectivity index (χ4n) is 1.01. The van der Waals surface area contributed by atoms with Gasteiger partial charge in [0.05, 0.1) is 0 Å². The molecule has 0 fully saturated rings. The Balaban J connectivity index is 2.45. The van der Waals surface area contributed by atoms with Crippen LogP contribution < -0.4 is 0 Å². The Morgan fingerprint density at radius 1 is 1.50 bits per heavy atom. The van der Waals surface area contributed by atoms with Gasteiger partial charge in [0.25, 0.3) is 0 Å². The smallest absolute Gasteiger partial charge is 0.123 e. The van der Waals surface area contributed by atoms with E-state index >= 15 is 0 Å². The highest BCUT2D eigenvalue weighted by atomic mass is 32.1. The molecule has 0 aliphatic rings. The summed E-state index contributed by atoms with van der Waals surface area (Å²) >= 11 is 1.71. The predicted molar refractivity (Wildman–Crippen MR) is 51.1 cm³/mol. The van der Waals surface area contributed by atoms with Crippen LogP contribution in [-0.4, -0.2) is 4.98 Å². The monoisotopic (exact) mass is 174 g/mol. The summed E-state index contributed by atoms with van der Waals surface area (Å²) in [6.45, 7) is 2.06. The van der Waals surface area contributed by atoms with E-state index in [9.17, 15) is 0 Å². The Bertz CT molecular complexity index is 364. The fraction of sp³-hybridized carbons (Fsp3) is 0.100. The van der Waals surface area contributed by atoms with Crippen LogP contribution in [0.5, 0.6) is 0 Å². The minimum absolute atomic E-state index is 1.07. The Labute approximate surface area is 75.7 Å². The third-order valence-electron chi connectivity index (χ3n) is 1.58. The first-order valence-electron chi connectivity index (χ1n) is 3.75. The SMILES string of the molecule is Cc1cnc(-c2c[c]ccc2)s1. The first kappa shape index (κ1) is 7.50. The molecule has 0 unspecified atom stereocenters. The summed E-state index contributed by atoms with van der Waals surface area (Å²) in [5.74, 6) is 0. The molecule has 2 rings (SSSR count). The van der Waals surface area contributed by atoms with Gasteiger partial charge in [-0.25, -0.2) is 4.98 Å². The van der Waals surface area contributed by atoms with Crippen LogP contribution in [0.25, 0.3) is 10.6 Å². The van der Waals surface area contributed by atoms with E-state index in [-0.39, 0.29) is 0 Å². The van der Waals surface area contributed by atoms with Gasteiger partial charge >= 0.3 is 0 Å². The molecule has 2 heteroatoms. The molecule has 1 aromatic carbocycles. The summed E-state index contributed by atoms with van der Waals surface area (Å²) in [6, 6.07) is 10.9. The van der Waals surface area contributed by atoms with Gasteiger partial charge in [-0.05, 0) is 19.1 Å². The van der Waals surface area contributed by atoms with Crippen molar-refractivity contribution in [2.45, 2.75) is 6.92 Å². The lowest BCUT2D eigenvalue weighted by Crippen LogP contribution is -1.71. The summed E-state index contributed by atoms with van der Waals surface area (Å²) in [7, 11) is 0. The Hall–Kier alpha value is -1.15. The van der Waals surface area contributed by atoms with Crippen LogP contribution in [0.4, 0.5) is 0 Å². The standard InChI is InChI=1S/C10H8NS/c1-8-7-11-10(12-8)9-5-3-2-4-6-9/h2-3,5-7H,1H3. The van der Waals surface area contributed by atoms with Crippen molar-refractivity contribution in [2.75, 3.05) is 0 Å². The fourth-order valence-corrected chi connectivity index (χ4v) is 1.78. The first-order chi connectivity index (χ1) is 5.86. The number of aryl methyl sites for hydroxylation is 1. The largest absolute Gasteiger partial charge is 0.244 e. The van der Waals surface area contributed by atoms with Crippen LogP contribution >= 0.6 is 11.3 Å². The van der Waals surface area contributed by atoms with Gasteiger partial charge in [-0.3, -0.25) is 0 Å². The van der Waals surface area contributed by atoms with Crippen LogP contribution in [0, 0.1) is 13.0 Å². The first-order valence-corrected chi connectivity index (χ1v) is 4.57. The quantitative estimate of drug-likeness (QED) is 0.647. The van der Waals surface area contributed by atoms with Gasteiger partial charge in [0.1, 0.15) is 5.01 Å². The molecule has 0 aliphatic carbocycles. The van der Waals surface area contributed by atoms with Crippen LogP contribution in [0.3, 0.4) is 0 Å². The summed E-state index contributed by atoms with van der Waals surface area (Å²) in [6.07, 6.45) is 1.90. The molecule has 0 amide bonds. The van der Waals surface area contributed by atoms with Gasteiger partial charge in [0, 0.05) is 16.6 Å². The second-order valence-corrected chi connectivity index (χ2v) is 3.80. The number of thiazole rings is 1. The van der Waals surface area contributed by atoms with Crippen molar-refractivity contribution in [2.24, 2.45) is 0 Å². The molecule has 1 aromatic heterocycles. The number of benzene rings is 1. The van der Waals surface area contributed by atoms with Gasteiger partial charge < -0.3 is 0 Å². The molecule has 0 N–H and O–H groups in total. The van der Waals surface area contributed by atoms with Crippen molar-refractivity contribution in [1.82, 2.24) is 4.98 Å². The number of hydrogen-bond acceptors (Lipinski definition) is 2. The molecule has 12 heavy (non-hydrogen) atoms. The molecule has 59 valence electrons. The van der Waals surface area contributed by atoms with Gasteiger partial charge in [0.2, 0.25) is 0 Å². The molecule has 0 bridgehead atoms. The third-order valence-corrected chi connectivity index (χ3v) is 2.54. The molecule has 1 radical (unpaired) electrons. The molecular formula is C10H8NS. The van der Waals surface area contributed by atoms with E-state index in [4.69, 9.17) is 0 Å². The maximum atomic E-state index is 4.28. The topological polar surface area (TPSA) is 12.9 Å². The normalized spacial score (nSPS) is 10.1. The minimum atomic E-state index is 1.07. The minimum Gasteiger partial charge on any atom is -0.244 e. The van der Waals surface area contributed by atoms with Crippen molar-refractivity contribution >= 4 is 11.3 Å². The number of rotatable bonds is 1. The lowest BCUT2D eigenvalue weighted by atomic mass is 10.2. The van der Waals surface area contributed by atoms with E-state index in [1.165, 1.54) is 4.88 Å². The zero-order valence-electron chi connectivity index (χ0n) is 6.74. The van der Waals surface area contributed by atoms with Crippen molar-refractivity contribution in [3.8, 4) is 10.6 Å². The molecule has 1 nitrogen and oxygen atoms in total. The van der Waals surface area contributed by atoms with Crippen LogP contribution in [-0.2, 0) is 0 Å². The predicted octanol–water partition coefficient (Wildman–Crippen LogP) is 2.92. The van der Waals surface area contributed by atoms with Crippen molar-refractivity contribution in [3.63, 3.8) is 0 Å². The molecule has 0 aliphatic heterocycles. The summed E-state index contributed by atoms with van der Waals surface area (Å²) in [5, 5.41) is 1.07. The second kappa shape index (κ2) is 3.07. The number of nitrogens with zero attached hydrogens (tertiary/aromatic N) is 1. The highest BCUT2D eigenvalue weighted by Crippen LogP contribution is 2.23. The Morgan fingerprint density at radius 3 is 3.00 bits per heavy atom. The van der Waals surface area contributed by atoms with E-state index in [2.05, 4.69) is 24.0 Å². The molecule has 0 saturated heterocycles. The number of aromatic nitrogens is 1. The maximum absolute atomic E-state index is 4.28. The average molecular weight is 174 g/mol.